The van der Waals surface area contributed by atoms with Crippen LogP contribution in [0.4, 0.5) is 4.39 Å². The Kier molecular flexibility index (Phi) is 14.9. The zero-order valence-electron chi connectivity index (χ0n) is 19.6. The van der Waals surface area contributed by atoms with Gasteiger partial charge in [0.05, 0.1) is 0 Å². The van der Waals surface area contributed by atoms with Crippen LogP contribution < -0.4 is 4.74 Å². The first-order chi connectivity index (χ1) is 12.7. The van der Waals surface area contributed by atoms with E-state index >= 15 is 0 Å². The summed E-state index contributed by atoms with van der Waals surface area (Å²) in [5.41, 5.74) is 2.00. The third kappa shape index (κ3) is 9.81. The first kappa shape index (κ1) is 27.7. The number of hydrogen-bond acceptors (Lipinski definition) is 3. The summed E-state index contributed by atoms with van der Waals surface area (Å²) in [7, 11) is 3.98. The fraction of sp³-hybridized carbons (Fsp3) is 0.652. The van der Waals surface area contributed by atoms with Gasteiger partial charge in [0.1, 0.15) is 6.61 Å². The molecule has 0 unspecified atom stereocenters. The molecule has 0 aromatic heterocycles. The maximum Gasteiger partial charge on any atom is 0.165 e. The molecule has 0 fully saturated rings. The van der Waals surface area contributed by atoms with Crippen LogP contribution in [0.15, 0.2) is 30.0 Å². The van der Waals surface area contributed by atoms with Crippen LogP contribution in [0.2, 0.25) is 0 Å². The van der Waals surface area contributed by atoms with E-state index in [1.807, 2.05) is 54.8 Å². The third-order valence-electron chi connectivity index (χ3n) is 4.46. The Morgan fingerprint density at radius 1 is 1.15 bits per heavy atom. The van der Waals surface area contributed by atoms with Gasteiger partial charge in [-0.2, -0.15) is 0 Å². The molecule has 0 aliphatic heterocycles. The number of benzene rings is 1. The second-order valence-corrected chi connectivity index (χ2v) is 6.70. The summed E-state index contributed by atoms with van der Waals surface area (Å²) in [5, 5.41) is 0. The van der Waals surface area contributed by atoms with Gasteiger partial charge in [0.25, 0.3) is 0 Å². The quantitative estimate of drug-likeness (QED) is 0.521. The van der Waals surface area contributed by atoms with E-state index in [1.54, 1.807) is 12.1 Å². The molecular formula is C23H43FN2O. The summed E-state index contributed by atoms with van der Waals surface area (Å²) in [6.45, 7) is 20.4. The average molecular weight is 383 g/mol. The monoisotopic (exact) mass is 382 g/mol. The van der Waals surface area contributed by atoms with E-state index in [9.17, 15) is 4.39 Å². The molecule has 0 aliphatic carbocycles. The molecule has 0 radical (unpaired) electrons. The van der Waals surface area contributed by atoms with E-state index in [2.05, 4.69) is 43.6 Å². The van der Waals surface area contributed by atoms with Gasteiger partial charge in [-0.1, -0.05) is 39.8 Å². The number of hydrogen-bond donors (Lipinski definition) is 0. The van der Waals surface area contributed by atoms with E-state index in [0.717, 1.165) is 12.1 Å². The minimum atomic E-state index is -0.300. The minimum Gasteiger partial charge on any atom is -0.489 e. The van der Waals surface area contributed by atoms with Gasteiger partial charge >= 0.3 is 0 Å². The molecule has 0 heterocycles. The van der Waals surface area contributed by atoms with Gasteiger partial charge in [-0.25, -0.2) is 4.39 Å². The standard InChI is InChI=1S/C19H31FN2O.2C2H6/c1-8-15(3)22(9-2)13-16-10-11-18(17(20)12-16)23-14-19(4,5)21(6)7;2*1-2/h8,10-12H,9,13-14H2,1-7H3;2*1-2H3/b15-8+;;. The predicted molar refractivity (Wildman–Crippen MR) is 118 cm³/mol. The van der Waals surface area contributed by atoms with Crippen molar-refractivity contribution in [3.05, 3.63) is 41.4 Å². The molecule has 0 aliphatic rings. The zero-order chi connectivity index (χ0) is 21.6. The second-order valence-electron chi connectivity index (χ2n) is 6.70. The Labute approximate surface area is 168 Å². The number of nitrogens with zero attached hydrogens (tertiary/aromatic N) is 2. The van der Waals surface area contributed by atoms with Gasteiger partial charge in [-0.15, -0.1) is 0 Å². The molecule has 0 spiro atoms. The molecule has 3 nitrogen and oxygen atoms in total. The maximum absolute atomic E-state index is 14.3. The summed E-state index contributed by atoms with van der Waals surface area (Å²) in [6, 6.07) is 5.24. The SMILES string of the molecule is C/C=C(\C)N(CC)Cc1ccc(OCC(C)(C)N(C)C)c(F)c1.CC.CC. The number of allylic oxidation sites excluding steroid dienone is 2. The molecule has 0 N–H and O–H groups in total. The van der Waals surface area contributed by atoms with Crippen molar-refractivity contribution in [2.45, 2.75) is 74.4 Å². The molecule has 1 aromatic carbocycles. The first-order valence-electron chi connectivity index (χ1n) is 10.2. The van der Waals surface area contributed by atoms with E-state index in [1.165, 1.54) is 5.70 Å². The van der Waals surface area contributed by atoms with Crippen LogP contribution in [0, 0.1) is 5.82 Å². The summed E-state index contributed by atoms with van der Waals surface area (Å²) in [4.78, 5) is 4.28. The van der Waals surface area contributed by atoms with Gasteiger partial charge in [0.15, 0.2) is 11.6 Å². The van der Waals surface area contributed by atoms with Crippen molar-refractivity contribution >= 4 is 0 Å². The van der Waals surface area contributed by atoms with E-state index in [4.69, 9.17) is 4.74 Å². The Hall–Kier alpha value is -1.55. The lowest BCUT2D eigenvalue weighted by Crippen LogP contribution is -2.43. The highest BCUT2D eigenvalue weighted by molar-refractivity contribution is 5.29. The smallest absolute Gasteiger partial charge is 0.165 e. The molecule has 1 aromatic rings. The molecule has 0 saturated heterocycles. The molecule has 0 saturated carbocycles. The van der Waals surface area contributed by atoms with Crippen LogP contribution in [0.3, 0.4) is 0 Å². The zero-order valence-corrected chi connectivity index (χ0v) is 19.6. The summed E-state index contributed by atoms with van der Waals surface area (Å²) in [5.74, 6) is 0.0146. The Morgan fingerprint density at radius 2 is 1.70 bits per heavy atom. The second kappa shape index (κ2) is 14.5. The van der Waals surface area contributed by atoms with Crippen LogP contribution in [-0.4, -0.2) is 42.6 Å². The molecule has 158 valence electrons. The van der Waals surface area contributed by atoms with Gasteiger partial charge in [-0.3, -0.25) is 0 Å². The highest BCUT2D eigenvalue weighted by Gasteiger charge is 2.22. The van der Waals surface area contributed by atoms with Crippen molar-refractivity contribution < 1.29 is 9.13 Å². The van der Waals surface area contributed by atoms with E-state index in [0.29, 0.717) is 18.9 Å². The van der Waals surface area contributed by atoms with Crippen molar-refractivity contribution in [1.29, 1.82) is 0 Å². The largest absolute Gasteiger partial charge is 0.489 e. The lowest BCUT2D eigenvalue weighted by Gasteiger charge is -2.32. The summed E-state index contributed by atoms with van der Waals surface area (Å²) in [6.07, 6.45) is 2.07. The summed E-state index contributed by atoms with van der Waals surface area (Å²) < 4.78 is 20.0. The van der Waals surface area contributed by atoms with Crippen LogP contribution in [0.1, 0.15) is 67.9 Å². The van der Waals surface area contributed by atoms with Gasteiger partial charge in [0.2, 0.25) is 0 Å². The maximum atomic E-state index is 14.3. The van der Waals surface area contributed by atoms with Crippen LogP contribution in [0.5, 0.6) is 5.75 Å². The highest BCUT2D eigenvalue weighted by atomic mass is 19.1. The van der Waals surface area contributed by atoms with E-state index in [-0.39, 0.29) is 11.4 Å². The Morgan fingerprint density at radius 3 is 2.11 bits per heavy atom. The fourth-order valence-corrected chi connectivity index (χ4v) is 2.03. The van der Waals surface area contributed by atoms with Crippen LogP contribution >= 0.6 is 0 Å². The molecule has 0 amide bonds. The third-order valence-corrected chi connectivity index (χ3v) is 4.46. The van der Waals surface area contributed by atoms with Crippen molar-refractivity contribution in [2.75, 3.05) is 27.2 Å². The van der Waals surface area contributed by atoms with Crippen molar-refractivity contribution in [1.82, 2.24) is 9.80 Å². The molecule has 4 heteroatoms. The average Bonchev–Trinajstić information content (AvgIpc) is 2.67. The van der Waals surface area contributed by atoms with Crippen LogP contribution in [0.25, 0.3) is 0 Å². The number of likely N-dealkylation sites (N-methyl/N-ethyl adjacent to an activating group) is 1. The molecule has 27 heavy (non-hydrogen) atoms. The predicted octanol–water partition coefficient (Wildman–Crippen LogP) is 6.34. The number of ether oxygens (including phenoxy) is 1. The van der Waals surface area contributed by atoms with E-state index < -0.39 is 0 Å². The van der Waals surface area contributed by atoms with Crippen molar-refractivity contribution in [3.8, 4) is 5.75 Å². The summed E-state index contributed by atoms with van der Waals surface area (Å²) >= 11 is 0. The fourth-order valence-electron chi connectivity index (χ4n) is 2.03. The first-order valence-corrected chi connectivity index (χ1v) is 10.2. The Balaban J connectivity index is 0. The number of rotatable bonds is 8. The van der Waals surface area contributed by atoms with Crippen LogP contribution in [-0.2, 0) is 6.54 Å². The minimum absolute atomic E-state index is 0.146. The molecule has 1 rings (SSSR count). The normalized spacial score (nSPS) is 11.2. The number of halogens is 1. The van der Waals surface area contributed by atoms with Gasteiger partial charge in [-0.05, 0) is 66.4 Å². The Bertz CT molecular complexity index is 539. The lowest BCUT2D eigenvalue weighted by atomic mass is 10.1. The molecule has 0 atom stereocenters. The molecule has 0 bridgehead atoms. The van der Waals surface area contributed by atoms with Gasteiger partial charge in [0, 0.05) is 24.3 Å². The lowest BCUT2D eigenvalue weighted by molar-refractivity contribution is 0.111. The van der Waals surface area contributed by atoms with Crippen molar-refractivity contribution in [3.63, 3.8) is 0 Å². The highest BCUT2D eigenvalue weighted by Crippen LogP contribution is 2.22. The topological polar surface area (TPSA) is 15.7 Å². The van der Waals surface area contributed by atoms with Crippen molar-refractivity contribution in [2.24, 2.45) is 0 Å². The molecular weight excluding hydrogens is 339 g/mol. The van der Waals surface area contributed by atoms with Gasteiger partial charge < -0.3 is 14.5 Å².